The molecule has 1 heterocycles. The number of hydrogen-bond donors (Lipinski definition) is 0. The van der Waals surface area contributed by atoms with E-state index < -0.39 is 11.9 Å². The van der Waals surface area contributed by atoms with Gasteiger partial charge in [-0.25, -0.2) is 4.79 Å². The van der Waals surface area contributed by atoms with Crippen molar-refractivity contribution in [1.82, 2.24) is 0 Å². The number of rotatable bonds is 5. The van der Waals surface area contributed by atoms with Crippen LogP contribution in [0.1, 0.15) is 34.8 Å². The molecular weight excluding hydrogens is 306 g/mol. The topological polar surface area (TPSA) is 78.1 Å². The van der Waals surface area contributed by atoms with Gasteiger partial charge in [-0.3, -0.25) is 4.79 Å². The van der Waals surface area contributed by atoms with Crippen LogP contribution >= 0.6 is 11.3 Å². The van der Waals surface area contributed by atoms with Gasteiger partial charge in [0.05, 0.1) is 13.2 Å². The Morgan fingerprint density at radius 1 is 1.18 bits per heavy atom. The second-order valence-corrected chi connectivity index (χ2v) is 4.95. The Morgan fingerprint density at radius 2 is 1.91 bits per heavy atom. The number of amides is 1. The first-order valence-corrected chi connectivity index (χ1v) is 7.55. The van der Waals surface area contributed by atoms with E-state index in [0.717, 1.165) is 11.3 Å². The van der Waals surface area contributed by atoms with Gasteiger partial charge in [0.15, 0.2) is 0 Å². The van der Waals surface area contributed by atoms with Gasteiger partial charge in [0.25, 0.3) is 16.5 Å². The monoisotopic (exact) mass is 321 g/mol. The molecule has 0 spiro atoms. The van der Waals surface area contributed by atoms with Crippen molar-refractivity contribution >= 4 is 23.2 Å². The average molecular weight is 321 g/mol. The highest BCUT2D eigenvalue weighted by atomic mass is 32.1. The normalized spacial score (nSPS) is 11.3. The van der Waals surface area contributed by atoms with Crippen LogP contribution in [0.15, 0.2) is 39.7 Å². The molecule has 7 heteroatoms. The molecule has 0 fully saturated rings. The van der Waals surface area contributed by atoms with Gasteiger partial charge in [0, 0.05) is 5.56 Å². The lowest BCUT2D eigenvalue weighted by molar-refractivity contribution is 0.0480. The molecule has 0 unspecified atom stereocenters. The van der Waals surface area contributed by atoms with E-state index in [1.807, 2.05) is 0 Å². The van der Waals surface area contributed by atoms with Crippen molar-refractivity contribution in [3.05, 3.63) is 46.5 Å². The lowest BCUT2D eigenvalue weighted by atomic mass is 10.2. The van der Waals surface area contributed by atoms with Gasteiger partial charge in [0.1, 0.15) is 0 Å². The minimum absolute atomic E-state index is 0.0420. The molecule has 0 saturated heterocycles. The second-order valence-electron chi connectivity index (χ2n) is 4.02. The minimum atomic E-state index is -0.643. The van der Waals surface area contributed by atoms with Gasteiger partial charge in [-0.05, 0) is 37.3 Å². The molecule has 0 saturated carbocycles. The predicted octanol–water partition coefficient (Wildman–Crippen LogP) is 2.66. The van der Waals surface area contributed by atoms with E-state index in [-0.39, 0.29) is 22.3 Å². The van der Waals surface area contributed by atoms with Crippen LogP contribution in [-0.2, 0) is 4.74 Å². The molecule has 0 aliphatic carbocycles. The number of hydrogen-bond acceptors (Lipinski definition) is 6. The van der Waals surface area contributed by atoms with E-state index in [1.165, 1.54) is 0 Å². The fourth-order valence-corrected chi connectivity index (χ4v) is 2.40. The summed E-state index contributed by atoms with van der Waals surface area (Å²) in [6.45, 7) is 4.04. The third-order valence-electron chi connectivity index (χ3n) is 2.50. The van der Waals surface area contributed by atoms with E-state index >= 15 is 0 Å². The summed E-state index contributed by atoms with van der Waals surface area (Å²) in [4.78, 5) is 27.7. The maximum absolute atomic E-state index is 12.0. The van der Waals surface area contributed by atoms with Crippen LogP contribution in [0.2, 0.25) is 0 Å². The SMILES string of the molecule is CCOC(=O)c1oc(=NC(=O)c2ccccc2)sc1OCC. The third kappa shape index (κ3) is 3.82. The Hall–Kier alpha value is -2.41. The summed E-state index contributed by atoms with van der Waals surface area (Å²) in [6, 6.07) is 8.58. The van der Waals surface area contributed by atoms with Gasteiger partial charge in [-0.15, -0.1) is 0 Å². The van der Waals surface area contributed by atoms with Gasteiger partial charge < -0.3 is 13.9 Å². The first-order valence-electron chi connectivity index (χ1n) is 6.73. The van der Waals surface area contributed by atoms with Gasteiger partial charge in [0.2, 0.25) is 5.06 Å². The predicted molar refractivity (Wildman–Crippen MR) is 80.0 cm³/mol. The summed E-state index contributed by atoms with van der Waals surface area (Å²) >= 11 is 0.984. The molecule has 1 amide bonds. The van der Waals surface area contributed by atoms with E-state index in [9.17, 15) is 9.59 Å². The molecule has 2 aromatic rings. The fraction of sp³-hybridized carbons (Fsp3) is 0.267. The molecule has 1 aromatic heterocycles. The first kappa shape index (κ1) is 16.0. The van der Waals surface area contributed by atoms with E-state index in [0.29, 0.717) is 12.2 Å². The fourth-order valence-electron chi connectivity index (χ4n) is 1.60. The summed E-state index contributed by atoms with van der Waals surface area (Å²) in [5.74, 6) is -1.17. The average Bonchev–Trinajstić information content (AvgIpc) is 2.91. The van der Waals surface area contributed by atoms with E-state index in [2.05, 4.69) is 4.99 Å². The number of carbonyl (C=O) groups excluding carboxylic acids is 2. The highest BCUT2D eigenvalue weighted by Crippen LogP contribution is 2.23. The van der Waals surface area contributed by atoms with Crippen LogP contribution in [0, 0.1) is 0 Å². The van der Waals surface area contributed by atoms with Crippen LogP contribution < -0.4 is 9.60 Å². The smallest absolute Gasteiger partial charge is 0.379 e. The molecule has 0 N–H and O–H groups in total. The number of nitrogens with zero attached hydrogens (tertiary/aromatic N) is 1. The lowest BCUT2D eigenvalue weighted by Crippen LogP contribution is -2.06. The number of ether oxygens (including phenoxy) is 2. The molecule has 2 rings (SSSR count). The zero-order valence-electron chi connectivity index (χ0n) is 12.2. The molecule has 22 heavy (non-hydrogen) atoms. The Balaban J connectivity index is 2.35. The molecule has 0 aliphatic heterocycles. The zero-order valence-corrected chi connectivity index (χ0v) is 13.0. The van der Waals surface area contributed by atoms with Crippen molar-refractivity contribution in [3.63, 3.8) is 0 Å². The molecule has 0 atom stereocenters. The van der Waals surface area contributed by atoms with Crippen molar-refractivity contribution in [1.29, 1.82) is 0 Å². The molecule has 0 radical (unpaired) electrons. The summed E-state index contributed by atoms with van der Waals surface area (Å²) in [5.41, 5.74) is 0.432. The third-order valence-corrected chi connectivity index (χ3v) is 3.34. The molecule has 1 aromatic carbocycles. The van der Waals surface area contributed by atoms with Crippen LogP contribution in [0.4, 0.5) is 0 Å². The first-order chi connectivity index (χ1) is 10.7. The van der Waals surface area contributed by atoms with Crippen LogP contribution in [-0.4, -0.2) is 25.1 Å². The van der Waals surface area contributed by atoms with Crippen LogP contribution in [0.3, 0.4) is 0 Å². The molecule has 6 nitrogen and oxygen atoms in total. The molecule has 116 valence electrons. The van der Waals surface area contributed by atoms with Gasteiger partial charge in [-0.2, -0.15) is 4.99 Å². The van der Waals surface area contributed by atoms with Crippen molar-refractivity contribution in [3.8, 4) is 5.06 Å². The molecule has 0 aliphatic rings. The zero-order chi connectivity index (χ0) is 15.9. The molecular formula is C15H15NO5S. The van der Waals surface area contributed by atoms with Crippen molar-refractivity contribution in [2.24, 2.45) is 4.99 Å². The summed E-state index contributed by atoms with van der Waals surface area (Å²) < 4.78 is 15.5. The Labute approximate surface area is 131 Å². The standard InChI is InChI=1S/C15H15NO5S/c1-3-19-13(18)11-14(20-4-2)22-15(21-11)16-12(17)10-8-6-5-7-9-10/h5-9H,3-4H2,1-2H3. The van der Waals surface area contributed by atoms with Crippen LogP contribution in [0.25, 0.3) is 0 Å². The van der Waals surface area contributed by atoms with Gasteiger partial charge >= 0.3 is 5.97 Å². The second kappa shape index (κ2) is 7.56. The number of benzene rings is 1. The maximum Gasteiger partial charge on any atom is 0.379 e. The van der Waals surface area contributed by atoms with Crippen molar-refractivity contribution in [2.45, 2.75) is 13.8 Å². The quantitative estimate of drug-likeness (QED) is 0.791. The van der Waals surface area contributed by atoms with Crippen LogP contribution in [0.5, 0.6) is 5.06 Å². The van der Waals surface area contributed by atoms with Crippen molar-refractivity contribution in [2.75, 3.05) is 13.2 Å². The number of esters is 1. The summed E-state index contributed by atoms with van der Waals surface area (Å²) in [7, 11) is 0. The summed E-state index contributed by atoms with van der Waals surface area (Å²) in [5, 5.41) is 0.251. The molecule has 0 bridgehead atoms. The highest BCUT2D eigenvalue weighted by Gasteiger charge is 2.21. The summed E-state index contributed by atoms with van der Waals surface area (Å²) in [6.07, 6.45) is 0. The number of carbonyl (C=O) groups is 2. The van der Waals surface area contributed by atoms with Crippen molar-refractivity contribution < 1.29 is 23.5 Å². The lowest BCUT2D eigenvalue weighted by Gasteiger charge is -2.00. The largest absolute Gasteiger partial charge is 0.481 e. The van der Waals surface area contributed by atoms with Gasteiger partial charge in [-0.1, -0.05) is 18.2 Å². The highest BCUT2D eigenvalue weighted by molar-refractivity contribution is 7.11. The Bertz CT molecular complexity index is 717. The van der Waals surface area contributed by atoms with E-state index in [4.69, 9.17) is 13.9 Å². The van der Waals surface area contributed by atoms with E-state index in [1.54, 1.807) is 44.2 Å². The maximum atomic E-state index is 12.0. The minimum Gasteiger partial charge on any atom is -0.481 e. The Kier molecular flexibility index (Phi) is 5.48. The Morgan fingerprint density at radius 3 is 2.55 bits per heavy atom.